The van der Waals surface area contributed by atoms with E-state index < -0.39 is 0 Å². The molecule has 7 heteroatoms. The molecule has 2 N–H and O–H groups in total. The molecule has 2 aromatic carbocycles. The minimum absolute atomic E-state index is 0.171. The first-order valence-electron chi connectivity index (χ1n) is 8.13. The summed E-state index contributed by atoms with van der Waals surface area (Å²) in [4.78, 5) is 14.4. The number of benzene rings is 2. The predicted octanol–water partition coefficient (Wildman–Crippen LogP) is 2.12. The molecular weight excluding hydrogens is 333 g/mol. The third kappa shape index (κ3) is 3.19. The Morgan fingerprint density at radius 1 is 1.04 bits per heavy atom. The van der Waals surface area contributed by atoms with Gasteiger partial charge < -0.3 is 10.6 Å². The maximum atomic E-state index is 13.3. The third-order valence-electron chi connectivity index (χ3n) is 4.03. The number of imidazole rings is 1. The number of rotatable bonds is 5. The summed E-state index contributed by atoms with van der Waals surface area (Å²) in [5.41, 5.74) is 9.25. The fourth-order valence-electron chi connectivity index (χ4n) is 2.74. The normalized spacial score (nSPS) is 11.0. The van der Waals surface area contributed by atoms with Gasteiger partial charge in [-0.3, -0.25) is 4.57 Å². The van der Waals surface area contributed by atoms with Gasteiger partial charge in [-0.25, -0.2) is 9.37 Å². The molecular formula is C19H17FN5O+. The van der Waals surface area contributed by atoms with Crippen LogP contribution < -0.4 is 15.3 Å². The number of halogens is 1. The van der Waals surface area contributed by atoms with Crippen LogP contribution in [0.25, 0.3) is 11.2 Å². The zero-order valence-electron chi connectivity index (χ0n) is 13.9. The van der Waals surface area contributed by atoms with E-state index in [4.69, 9.17) is 10.6 Å². The van der Waals surface area contributed by atoms with Gasteiger partial charge in [-0.05, 0) is 23.3 Å². The molecule has 0 bridgehead atoms. The van der Waals surface area contributed by atoms with Gasteiger partial charge in [0.15, 0.2) is 6.61 Å². The lowest BCUT2D eigenvalue weighted by Gasteiger charge is -2.06. The average Bonchev–Trinajstić information content (AvgIpc) is 3.06. The van der Waals surface area contributed by atoms with E-state index in [2.05, 4.69) is 9.97 Å². The zero-order valence-corrected chi connectivity index (χ0v) is 13.9. The van der Waals surface area contributed by atoms with E-state index in [0.717, 1.165) is 5.56 Å². The van der Waals surface area contributed by atoms with Gasteiger partial charge in [-0.2, -0.15) is 0 Å². The van der Waals surface area contributed by atoms with Crippen molar-refractivity contribution < 1.29 is 14.0 Å². The lowest BCUT2D eigenvalue weighted by molar-refractivity contribution is -0.885. The molecule has 0 aliphatic heterocycles. The maximum absolute atomic E-state index is 13.3. The summed E-state index contributed by atoms with van der Waals surface area (Å²) in [6.07, 6.45) is 3.21. The molecule has 0 saturated carbocycles. The first-order chi connectivity index (χ1) is 12.7. The first-order valence-corrected chi connectivity index (χ1v) is 8.13. The molecule has 0 fully saturated rings. The molecule has 0 saturated heterocycles. The first kappa shape index (κ1) is 16.0. The van der Waals surface area contributed by atoms with Crippen LogP contribution in [0.3, 0.4) is 0 Å². The number of hydrogen-bond acceptors (Lipinski definition) is 4. The highest BCUT2D eigenvalue weighted by Gasteiger charge is 2.18. The molecule has 26 heavy (non-hydrogen) atoms. The molecule has 2 aromatic heterocycles. The molecule has 4 aromatic rings. The van der Waals surface area contributed by atoms with E-state index >= 15 is 0 Å². The number of nitrogens with zero attached hydrogens (tertiary/aromatic N) is 4. The Kier molecular flexibility index (Phi) is 4.18. The molecule has 0 aliphatic rings. The van der Waals surface area contributed by atoms with E-state index in [1.54, 1.807) is 18.5 Å². The fraction of sp³-hybridized carbons (Fsp3) is 0.105. The van der Waals surface area contributed by atoms with Crippen molar-refractivity contribution in [2.75, 3.05) is 5.73 Å². The fourth-order valence-corrected chi connectivity index (χ4v) is 2.74. The van der Waals surface area contributed by atoms with Crippen molar-refractivity contribution in [3.63, 3.8) is 0 Å². The second kappa shape index (κ2) is 6.79. The van der Waals surface area contributed by atoms with Crippen LogP contribution in [0.4, 0.5) is 10.2 Å². The SMILES string of the molecule is Nc1c2ncn(Cc3ccccc3)c2nc[n+]1OCc1cccc(F)c1. The van der Waals surface area contributed by atoms with Gasteiger partial charge in [0.25, 0.3) is 12.1 Å². The van der Waals surface area contributed by atoms with Crippen molar-refractivity contribution in [1.29, 1.82) is 0 Å². The Morgan fingerprint density at radius 2 is 1.85 bits per heavy atom. The summed E-state index contributed by atoms with van der Waals surface area (Å²) < 4.78 is 16.5. The molecule has 130 valence electrons. The van der Waals surface area contributed by atoms with Crippen LogP contribution in [-0.4, -0.2) is 14.5 Å². The highest BCUT2D eigenvalue weighted by Crippen LogP contribution is 2.15. The molecule has 0 amide bonds. The van der Waals surface area contributed by atoms with E-state index in [1.165, 1.54) is 23.2 Å². The summed E-state index contributed by atoms with van der Waals surface area (Å²) in [5.74, 6) is 0.0375. The Bertz CT molecular complexity index is 1050. The Labute approximate surface area is 149 Å². The van der Waals surface area contributed by atoms with Crippen LogP contribution in [-0.2, 0) is 13.2 Å². The summed E-state index contributed by atoms with van der Waals surface area (Å²) in [5, 5.41) is 0. The van der Waals surface area contributed by atoms with Crippen LogP contribution in [0.2, 0.25) is 0 Å². The molecule has 6 nitrogen and oxygen atoms in total. The Balaban J connectivity index is 1.57. The second-order valence-corrected chi connectivity index (χ2v) is 5.89. The topological polar surface area (TPSA) is 69.8 Å². The molecule has 0 spiro atoms. The van der Waals surface area contributed by atoms with Crippen LogP contribution in [0.15, 0.2) is 67.3 Å². The van der Waals surface area contributed by atoms with Crippen molar-refractivity contribution in [1.82, 2.24) is 14.5 Å². The van der Waals surface area contributed by atoms with Crippen LogP contribution in [0, 0.1) is 5.82 Å². The van der Waals surface area contributed by atoms with Crippen molar-refractivity contribution in [2.24, 2.45) is 0 Å². The average molecular weight is 350 g/mol. The lowest BCUT2D eigenvalue weighted by Crippen LogP contribution is -2.45. The Morgan fingerprint density at radius 3 is 2.65 bits per heavy atom. The number of nitrogen functional groups attached to an aromatic ring is 1. The number of fused-ring (bicyclic) bond motifs is 1. The quantitative estimate of drug-likeness (QED) is 0.560. The molecule has 0 atom stereocenters. The molecule has 0 radical (unpaired) electrons. The van der Waals surface area contributed by atoms with Gasteiger partial charge in [-0.1, -0.05) is 52.2 Å². The highest BCUT2D eigenvalue weighted by molar-refractivity contribution is 5.79. The second-order valence-electron chi connectivity index (χ2n) is 5.89. The predicted molar refractivity (Wildman–Crippen MR) is 94.4 cm³/mol. The van der Waals surface area contributed by atoms with Gasteiger partial charge in [0.1, 0.15) is 5.82 Å². The van der Waals surface area contributed by atoms with Crippen LogP contribution >= 0.6 is 0 Å². The van der Waals surface area contributed by atoms with Crippen molar-refractivity contribution in [3.05, 3.63) is 84.2 Å². The summed E-state index contributed by atoms with van der Waals surface area (Å²) in [6.45, 7) is 0.822. The van der Waals surface area contributed by atoms with Gasteiger partial charge in [0.2, 0.25) is 11.2 Å². The van der Waals surface area contributed by atoms with Gasteiger partial charge >= 0.3 is 0 Å². The summed E-state index contributed by atoms with van der Waals surface area (Å²) in [6, 6.07) is 16.3. The van der Waals surface area contributed by atoms with Crippen molar-refractivity contribution in [3.8, 4) is 0 Å². The molecule has 0 unspecified atom stereocenters. The van der Waals surface area contributed by atoms with E-state index in [-0.39, 0.29) is 12.4 Å². The smallest absolute Gasteiger partial charge is 0.289 e. The largest absolute Gasteiger partial charge is 0.352 e. The molecule has 0 aliphatic carbocycles. The lowest BCUT2D eigenvalue weighted by atomic mass is 10.2. The number of hydrogen-bond donors (Lipinski definition) is 1. The minimum Gasteiger partial charge on any atom is -0.352 e. The standard InChI is InChI=1S/C19H16FN5O/c20-16-8-4-7-15(9-16)11-26-25-13-23-19-17(18(25)21)22-12-24(19)10-14-5-2-1-3-6-14/h1-9,12-13,21H,10-11H2/p+1. The number of nitrogens with two attached hydrogens (primary N) is 1. The third-order valence-corrected chi connectivity index (χ3v) is 4.03. The van der Waals surface area contributed by atoms with E-state index in [1.807, 2.05) is 34.9 Å². The number of anilines is 1. The van der Waals surface area contributed by atoms with Gasteiger partial charge in [-0.15, -0.1) is 0 Å². The van der Waals surface area contributed by atoms with Crippen LogP contribution in [0.5, 0.6) is 0 Å². The maximum Gasteiger partial charge on any atom is 0.289 e. The monoisotopic (exact) mass is 350 g/mol. The Hall–Kier alpha value is -3.48. The summed E-state index contributed by atoms with van der Waals surface area (Å²) in [7, 11) is 0. The number of aromatic nitrogens is 4. The van der Waals surface area contributed by atoms with Crippen LogP contribution in [0.1, 0.15) is 11.1 Å². The molecule has 4 rings (SSSR count). The van der Waals surface area contributed by atoms with E-state index in [9.17, 15) is 4.39 Å². The highest BCUT2D eigenvalue weighted by atomic mass is 19.1. The van der Waals surface area contributed by atoms with Crippen molar-refractivity contribution >= 4 is 17.0 Å². The minimum atomic E-state index is -0.308. The van der Waals surface area contributed by atoms with Crippen molar-refractivity contribution in [2.45, 2.75) is 13.2 Å². The van der Waals surface area contributed by atoms with Gasteiger partial charge in [0.05, 0.1) is 12.9 Å². The van der Waals surface area contributed by atoms with E-state index in [0.29, 0.717) is 29.1 Å². The van der Waals surface area contributed by atoms with Gasteiger partial charge in [0, 0.05) is 0 Å². The zero-order chi connectivity index (χ0) is 17.9. The molecule has 2 heterocycles. The summed E-state index contributed by atoms with van der Waals surface area (Å²) >= 11 is 0.